The van der Waals surface area contributed by atoms with E-state index in [0.29, 0.717) is 52.3 Å². The van der Waals surface area contributed by atoms with Crippen LogP contribution in [-0.4, -0.2) is 41.9 Å². The Morgan fingerprint density at radius 2 is 2.12 bits per heavy atom. The van der Waals surface area contributed by atoms with Crippen LogP contribution < -0.4 is 10.6 Å². The van der Waals surface area contributed by atoms with E-state index >= 15 is 0 Å². The molecular formula is C16H17Cl2N3O3. The molecule has 1 fully saturated rings. The number of hydrogen-bond donors (Lipinski definition) is 3. The quantitative estimate of drug-likeness (QED) is 0.769. The molecule has 1 aliphatic rings. The molecule has 3 rings (SSSR count). The largest absolute Gasteiger partial charge is 0.391 e. The molecule has 0 bridgehead atoms. The normalized spacial score (nSPS) is 20.3. The van der Waals surface area contributed by atoms with Gasteiger partial charge in [0, 0.05) is 31.1 Å². The molecule has 0 radical (unpaired) electrons. The molecule has 1 saturated heterocycles. The van der Waals surface area contributed by atoms with Gasteiger partial charge in [-0.15, -0.1) is 0 Å². The first-order chi connectivity index (χ1) is 11.5. The van der Waals surface area contributed by atoms with Crippen molar-refractivity contribution in [1.29, 1.82) is 0 Å². The number of carbonyl (C=O) groups is 1. The first kappa shape index (κ1) is 17.2. The van der Waals surface area contributed by atoms with Crippen LogP contribution in [0.3, 0.4) is 0 Å². The summed E-state index contributed by atoms with van der Waals surface area (Å²) in [7, 11) is 0. The number of carbonyl (C=O) groups excluding carboxylic acids is 1. The number of benzene rings is 1. The van der Waals surface area contributed by atoms with Crippen LogP contribution in [0.4, 0.5) is 0 Å². The standard InChI is InChI=1S/C16H17Cl2N3O3/c1-8-13(16(23)20-6-9-5-19-7-12(9)22)15(21-24-8)14-10(17)3-2-4-11(14)18/h2-4,9,12,19,22H,5-7H2,1H3,(H,20,23). The fourth-order valence-corrected chi connectivity index (χ4v) is 3.35. The maximum atomic E-state index is 12.6. The lowest BCUT2D eigenvalue weighted by atomic mass is 10.0. The van der Waals surface area contributed by atoms with E-state index in [0.717, 1.165) is 0 Å². The van der Waals surface area contributed by atoms with Crippen LogP contribution in [0.15, 0.2) is 22.7 Å². The molecule has 2 atom stereocenters. The summed E-state index contributed by atoms with van der Waals surface area (Å²) in [6.07, 6.45) is -0.466. The number of hydrogen-bond acceptors (Lipinski definition) is 5. The van der Waals surface area contributed by atoms with E-state index in [2.05, 4.69) is 15.8 Å². The maximum absolute atomic E-state index is 12.6. The second kappa shape index (κ2) is 7.11. The molecule has 1 amide bonds. The molecule has 2 unspecified atom stereocenters. The van der Waals surface area contributed by atoms with Crippen molar-refractivity contribution in [3.05, 3.63) is 39.6 Å². The lowest BCUT2D eigenvalue weighted by molar-refractivity contribution is 0.0926. The van der Waals surface area contributed by atoms with Crippen molar-refractivity contribution >= 4 is 29.1 Å². The zero-order valence-corrected chi connectivity index (χ0v) is 14.5. The molecule has 2 heterocycles. The Morgan fingerprint density at radius 3 is 2.75 bits per heavy atom. The molecule has 2 aromatic rings. The fraction of sp³-hybridized carbons (Fsp3) is 0.375. The molecule has 3 N–H and O–H groups in total. The Bertz CT molecular complexity index is 743. The third-order valence-corrected chi connectivity index (χ3v) is 4.75. The number of aryl methyl sites for hydroxylation is 1. The van der Waals surface area contributed by atoms with E-state index < -0.39 is 6.10 Å². The lowest BCUT2D eigenvalue weighted by Gasteiger charge is -2.14. The van der Waals surface area contributed by atoms with Crippen molar-refractivity contribution in [1.82, 2.24) is 15.8 Å². The van der Waals surface area contributed by atoms with Crippen molar-refractivity contribution in [2.75, 3.05) is 19.6 Å². The highest BCUT2D eigenvalue weighted by atomic mass is 35.5. The van der Waals surface area contributed by atoms with Crippen LogP contribution in [0.25, 0.3) is 11.3 Å². The maximum Gasteiger partial charge on any atom is 0.257 e. The van der Waals surface area contributed by atoms with Crippen molar-refractivity contribution in [2.45, 2.75) is 13.0 Å². The number of aromatic nitrogens is 1. The summed E-state index contributed by atoms with van der Waals surface area (Å²) in [4.78, 5) is 12.6. The minimum atomic E-state index is -0.466. The average molecular weight is 370 g/mol. The molecular weight excluding hydrogens is 353 g/mol. The molecule has 8 heteroatoms. The SMILES string of the molecule is Cc1onc(-c2c(Cl)cccc2Cl)c1C(=O)NCC1CNCC1O. The van der Waals surface area contributed by atoms with E-state index in [1.807, 2.05) is 0 Å². The Kier molecular flexibility index (Phi) is 5.10. The van der Waals surface area contributed by atoms with Gasteiger partial charge in [-0.2, -0.15) is 0 Å². The van der Waals surface area contributed by atoms with Crippen LogP contribution in [0, 0.1) is 12.8 Å². The summed E-state index contributed by atoms with van der Waals surface area (Å²) < 4.78 is 5.18. The summed E-state index contributed by atoms with van der Waals surface area (Å²) in [6, 6.07) is 5.07. The number of aliphatic hydroxyl groups is 1. The topological polar surface area (TPSA) is 87.4 Å². The van der Waals surface area contributed by atoms with Gasteiger partial charge in [-0.05, 0) is 19.1 Å². The van der Waals surface area contributed by atoms with Gasteiger partial charge in [0.25, 0.3) is 5.91 Å². The number of nitrogens with zero attached hydrogens (tertiary/aromatic N) is 1. The minimum absolute atomic E-state index is 0.0264. The van der Waals surface area contributed by atoms with Crippen LogP contribution in [-0.2, 0) is 0 Å². The highest BCUT2D eigenvalue weighted by molar-refractivity contribution is 6.39. The van der Waals surface area contributed by atoms with Gasteiger partial charge in [0.2, 0.25) is 0 Å². The van der Waals surface area contributed by atoms with Crippen molar-refractivity contribution < 1.29 is 14.4 Å². The number of nitrogens with one attached hydrogen (secondary N) is 2. The smallest absolute Gasteiger partial charge is 0.257 e. The summed E-state index contributed by atoms with van der Waals surface area (Å²) in [5.41, 5.74) is 1.07. The number of β-amino-alcohol motifs (C(OH)–C–C–N with tert-alkyl or cyclic N) is 1. The van der Waals surface area contributed by atoms with E-state index in [9.17, 15) is 9.90 Å². The summed E-state index contributed by atoms with van der Waals surface area (Å²) in [5.74, 6) is 0.0175. The summed E-state index contributed by atoms with van der Waals surface area (Å²) in [5, 5.41) is 20.4. The lowest BCUT2D eigenvalue weighted by Crippen LogP contribution is -2.34. The van der Waals surface area contributed by atoms with Gasteiger partial charge >= 0.3 is 0 Å². The predicted octanol–water partition coefficient (Wildman–Crippen LogP) is 2.27. The molecule has 1 aromatic carbocycles. The zero-order chi connectivity index (χ0) is 17.3. The predicted molar refractivity (Wildman–Crippen MR) is 91.4 cm³/mol. The van der Waals surface area contributed by atoms with E-state index in [4.69, 9.17) is 27.7 Å². The third-order valence-electron chi connectivity index (χ3n) is 4.12. The van der Waals surface area contributed by atoms with Crippen LogP contribution in [0.2, 0.25) is 10.0 Å². The average Bonchev–Trinajstić information content (AvgIpc) is 3.11. The van der Waals surface area contributed by atoms with Gasteiger partial charge in [-0.3, -0.25) is 4.79 Å². The fourth-order valence-electron chi connectivity index (χ4n) is 2.77. The Morgan fingerprint density at radius 1 is 1.42 bits per heavy atom. The minimum Gasteiger partial charge on any atom is -0.391 e. The molecule has 1 aliphatic heterocycles. The highest BCUT2D eigenvalue weighted by Gasteiger charge is 2.28. The second-order valence-corrected chi connectivity index (χ2v) is 6.57. The Balaban J connectivity index is 1.86. The molecule has 0 aliphatic carbocycles. The van der Waals surface area contributed by atoms with Crippen molar-refractivity contribution in [3.8, 4) is 11.3 Å². The summed E-state index contributed by atoms with van der Waals surface area (Å²) in [6.45, 7) is 3.20. The van der Waals surface area contributed by atoms with E-state index in [-0.39, 0.29) is 11.8 Å². The first-order valence-corrected chi connectivity index (χ1v) is 8.32. The van der Waals surface area contributed by atoms with Crippen LogP contribution in [0.1, 0.15) is 16.1 Å². The van der Waals surface area contributed by atoms with Gasteiger partial charge in [-0.1, -0.05) is 34.4 Å². The number of halogens is 2. The first-order valence-electron chi connectivity index (χ1n) is 7.56. The molecule has 6 nitrogen and oxygen atoms in total. The van der Waals surface area contributed by atoms with Gasteiger partial charge in [0.1, 0.15) is 17.0 Å². The van der Waals surface area contributed by atoms with Gasteiger partial charge in [0.05, 0.1) is 16.1 Å². The number of aliphatic hydroxyl groups excluding tert-OH is 1. The molecule has 0 saturated carbocycles. The van der Waals surface area contributed by atoms with Crippen LogP contribution >= 0.6 is 23.2 Å². The second-order valence-electron chi connectivity index (χ2n) is 5.75. The number of rotatable bonds is 4. The summed E-state index contributed by atoms with van der Waals surface area (Å²) >= 11 is 12.4. The van der Waals surface area contributed by atoms with Crippen molar-refractivity contribution in [2.24, 2.45) is 5.92 Å². The molecule has 0 spiro atoms. The molecule has 24 heavy (non-hydrogen) atoms. The Labute approximate surface area is 149 Å². The Hall–Kier alpha value is -1.60. The zero-order valence-electron chi connectivity index (χ0n) is 13.0. The number of amides is 1. The highest BCUT2D eigenvalue weighted by Crippen LogP contribution is 2.36. The van der Waals surface area contributed by atoms with E-state index in [1.54, 1.807) is 25.1 Å². The van der Waals surface area contributed by atoms with Gasteiger partial charge in [-0.25, -0.2) is 0 Å². The van der Waals surface area contributed by atoms with Crippen molar-refractivity contribution in [3.63, 3.8) is 0 Å². The van der Waals surface area contributed by atoms with E-state index in [1.165, 1.54) is 0 Å². The van der Waals surface area contributed by atoms with Crippen LogP contribution in [0.5, 0.6) is 0 Å². The third kappa shape index (κ3) is 3.28. The monoisotopic (exact) mass is 369 g/mol. The molecule has 128 valence electrons. The molecule has 1 aromatic heterocycles. The van der Waals surface area contributed by atoms with Gasteiger partial charge < -0.3 is 20.3 Å². The van der Waals surface area contributed by atoms with Gasteiger partial charge in [0.15, 0.2) is 0 Å².